The first-order valence-corrected chi connectivity index (χ1v) is 10.8. The monoisotopic (exact) mass is 414 g/mol. The number of ether oxygens (including phenoxy) is 1. The second-order valence-electron chi connectivity index (χ2n) is 7.44. The van der Waals surface area contributed by atoms with Crippen LogP contribution in [0.4, 0.5) is 0 Å². The Morgan fingerprint density at radius 3 is 2.38 bits per heavy atom. The molecule has 2 amide bonds. The van der Waals surface area contributed by atoms with Crippen molar-refractivity contribution < 1.29 is 14.3 Å². The van der Waals surface area contributed by atoms with E-state index in [1.807, 2.05) is 77.1 Å². The number of thioether (sulfide) groups is 1. The van der Waals surface area contributed by atoms with Crippen LogP contribution in [0.15, 0.2) is 53.4 Å². The van der Waals surface area contributed by atoms with Gasteiger partial charge in [0.2, 0.25) is 5.91 Å². The van der Waals surface area contributed by atoms with Crippen molar-refractivity contribution >= 4 is 23.6 Å². The molecule has 0 aliphatic carbocycles. The summed E-state index contributed by atoms with van der Waals surface area (Å²) in [5, 5.41) is 5.91. The number of carbonyl (C=O) groups excluding carboxylic acids is 2. The van der Waals surface area contributed by atoms with E-state index < -0.39 is 0 Å². The Kier molecular flexibility index (Phi) is 8.58. The second kappa shape index (κ2) is 10.9. The fraction of sp³-hybridized carbons (Fsp3) is 0.391. The lowest BCUT2D eigenvalue weighted by Crippen LogP contribution is -2.31. The topological polar surface area (TPSA) is 67.4 Å². The number of carbonyl (C=O) groups is 2. The van der Waals surface area contributed by atoms with Gasteiger partial charge in [0.25, 0.3) is 5.91 Å². The predicted molar refractivity (Wildman–Crippen MR) is 119 cm³/mol. The van der Waals surface area contributed by atoms with Crippen LogP contribution in [0, 0.1) is 0 Å². The van der Waals surface area contributed by atoms with Gasteiger partial charge in [-0.2, -0.15) is 0 Å². The van der Waals surface area contributed by atoms with Gasteiger partial charge in [-0.3, -0.25) is 9.59 Å². The Hall–Kier alpha value is -2.47. The summed E-state index contributed by atoms with van der Waals surface area (Å²) in [6.45, 7) is 9.75. The van der Waals surface area contributed by atoms with Crippen molar-refractivity contribution in [2.75, 3.05) is 5.75 Å². The fourth-order valence-electron chi connectivity index (χ4n) is 2.77. The molecule has 2 N–H and O–H groups in total. The average molecular weight is 415 g/mol. The van der Waals surface area contributed by atoms with E-state index in [0.717, 1.165) is 16.2 Å². The average Bonchev–Trinajstić information content (AvgIpc) is 2.65. The molecule has 0 saturated heterocycles. The lowest BCUT2D eigenvalue weighted by molar-refractivity contribution is -0.119. The minimum atomic E-state index is -0.180. The largest absolute Gasteiger partial charge is 0.491 e. The highest BCUT2D eigenvalue weighted by Crippen LogP contribution is 2.24. The van der Waals surface area contributed by atoms with E-state index >= 15 is 0 Å². The van der Waals surface area contributed by atoms with Crippen molar-refractivity contribution in [3.63, 3.8) is 0 Å². The Balaban J connectivity index is 2.06. The lowest BCUT2D eigenvalue weighted by atomic mass is 10.1. The van der Waals surface area contributed by atoms with E-state index in [0.29, 0.717) is 5.56 Å². The molecule has 1 unspecified atom stereocenters. The standard InChI is InChI=1S/C23H30N2O3S/c1-15(2)24-22(26)14-29-21-12-7-6-11-20(21)23(27)25-17(5)18-9-8-10-19(13-18)28-16(3)4/h6-13,15-17H,14H2,1-5H3,(H,24,26)(H,25,27). The molecule has 29 heavy (non-hydrogen) atoms. The minimum absolute atomic E-state index is 0.0458. The molecule has 0 heterocycles. The maximum Gasteiger partial charge on any atom is 0.252 e. The van der Waals surface area contributed by atoms with Crippen LogP contribution in [0.5, 0.6) is 5.75 Å². The summed E-state index contributed by atoms with van der Waals surface area (Å²) in [6, 6.07) is 15.0. The molecular formula is C23H30N2O3S. The summed E-state index contributed by atoms with van der Waals surface area (Å²) in [5.41, 5.74) is 1.54. The van der Waals surface area contributed by atoms with Crippen LogP contribution in [0.3, 0.4) is 0 Å². The van der Waals surface area contributed by atoms with Gasteiger partial charge in [0.05, 0.1) is 23.5 Å². The number of amides is 2. The van der Waals surface area contributed by atoms with Gasteiger partial charge in [-0.25, -0.2) is 0 Å². The normalized spacial score (nSPS) is 12.0. The lowest BCUT2D eigenvalue weighted by Gasteiger charge is -2.17. The van der Waals surface area contributed by atoms with Gasteiger partial charge in [0.1, 0.15) is 5.75 Å². The van der Waals surface area contributed by atoms with Crippen LogP contribution >= 0.6 is 11.8 Å². The Morgan fingerprint density at radius 2 is 1.69 bits per heavy atom. The first-order valence-electron chi connectivity index (χ1n) is 9.85. The van der Waals surface area contributed by atoms with Crippen molar-refractivity contribution in [3.8, 4) is 5.75 Å². The van der Waals surface area contributed by atoms with E-state index in [9.17, 15) is 9.59 Å². The molecule has 2 rings (SSSR count). The van der Waals surface area contributed by atoms with Gasteiger partial charge in [-0.05, 0) is 64.4 Å². The van der Waals surface area contributed by atoms with Gasteiger partial charge in [-0.1, -0.05) is 24.3 Å². The van der Waals surface area contributed by atoms with E-state index in [2.05, 4.69) is 10.6 Å². The summed E-state index contributed by atoms with van der Waals surface area (Å²) in [5.74, 6) is 0.841. The SMILES string of the molecule is CC(C)NC(=O)CSc1ccccc1C(=O)NC(C)c1cccc(OC(C)C)c1. The van der Waals surface area contributed by atoms with Gasteiger partial charge in [-0.15, -0.1) is 11.8 Å². The molecule has 1 atom stereocenters. The number of hydrogen-bond donors (Lipinski definition) is 2. The number of hydrogen-bond acceptors (Lipinski definition) is 4. The highest BCUT2D eigenvalue weighted by molar-refractivity contribution is 8.00. The van der Waals surface area contributed by atoms with E-state index in [1.165, 1.54) is 11.8 Å². The summed E-state index contributed by atoms with van der Waals surface area (Å²) in [6.07, 6.45) is 0.0898. The summed E-state index contributed by atoms with van der Waals surface area (Å²) in [7, 11) is 0. The molecule has 0 aliphatic heterocycles. The van der Waals surface area contributed by atoms with E-state index in [4.69, 9.17) is 4.74 Å². The highest BCUT2D eigenvalue weighted by atomic mass is 32.2. The first kappa shape index (κ1) is 22.8. The quantitative estimate of drug-likeness (QED) is 0.589. The minimum Gasteiger partial charge on any atom is -0.491 e. The van der Waals surface area contributed by atoms with Crippen molar-refractivity contribution in [2.45, 2.75) is 57.7 Å². The van der Waals surface area contributed by atoms with Crippen molar-refractivity contribution in [1.29, 1.82) is 0 Å². The Labute approximate surface area is 177 Å². The van der Waals surface area contributed by atoms with Gasteiger partial charge < -0.3 is 15.4 Å². The molecule has 0 fully saturated rings. The van der Waals surface area contributed by atoms with E-state index in [1.54, 1.807) is 6.07 Å². The smallest absolute Gasteiger partial charge is 0.252 e. The third kappa shape index (κ3) is 7.46. The Bertz CT molecular complexity index is 836. The van der Waals surface area contributed by atoms with Crippen molar-refractivity contribution in [3.05, 3.63) is 59.7 Å². The Morgan fingerprint density at radius 1 is 0.966 bits per heavy atom. The number of rotatable bonds is 9. The number of benzene rings is 2. The van der Waals surface area contributed by atoms with Crippen LogP contribution in [0.2, 0.25) is 0 Å². The number of nitrogens with one attached hydrogen (secondary N) is 2. The molecule has 156 valence electrons. The zero-order valence-electron chi connectivity index (χ0n) is 17.7. The molecule has 0 saturated carbocycles. The second-order valence-corrected chi connectivity index (χ2v) is 8.46. The van der Waals surface area contributed by atoms with Crippen LogP contribution in [0.25, 0.3) is 0 Å². The van der Waals surface area contributed by atoms with Crippen LogP contribution < -0.4 is 15.4 Å². The molecule has 0 bridgehead atoms. The van der Waals surface area contributed by atoms with Crippen molar-refractivity contribution in [2.24, 2.45) is 0 Å². The molecule has 2 aromatic carbocycles. The summed E-state index contributed by atoms with van der Waals surface area (Å²) >= 11 is 1.36. The first-order chi connectivity index (χ1) is 13.8. The molecule has 0 radical (unpaired) electrons. The zero-order chi connectivity index (χ0) is 21.4. The van der Waals surface area contributed by atoms with Crippen LogP contribution in [0.1, 0.15) is 56.6 Å². The van der Waals surface area contributed by atoms with E-state index in [-0.39, 0.29) is 35.8 Å². The van der Waals surface area contributed by atoms with Crippen LogP contribution in [-0.2, 0) is 4.79 Å². The highest BCUT2D eigenvalue weighted by Gasteiger charge is 2.16. The van der Waals surface area contributed by atoms with Gasteiger partial charge >= 0.3 is 0 Å². The maximum atomic E-state index is 12.9. The maximum absolute atomic E-state index is 12.9. The fourth-order valence-corrected chi connectivity index (χ4v) is 3.64. The molecule has 0 spiro atoms. The molecule has 0 aliphatic rings. The molecule has 5 nitrogen and oxygen atoms in total. The predicted octanol–water partition coefficient (Wildman–Crippen LogP) is 4.58. The van der Waals surface area contributed by atoms with Crippen LogP contribution in [-0.4, -0.2) is 29.7 Å². The summed E-state index contributed by atoms with van der Waals surface area (Å²) < 4.78 is 5.74. The summed E-state index contributed by atoms with van der Waals surface area (Å²) in [4.78, 5) is 25.6. The van der Waals surface area contributed by atoms with Gasteiger partial charge in [0.15, 0.2) is 0 Å². The molecule has 0 aromatic heterocycles. The molecular weight excluding hydrogens is 384 g/mol. The molecule has 2 aromatic rings. The third-order valence-electron chi connectivity index (χ3n) is 4.02. The molecule has 6 heteroatoms. The van der Waals surface area contributed by atoms with Crippen molar-refractivity contribution in [1.82, 2.24) is 10.6 Å². The third-order valence-corrected chi connectivity index (χ3v) is 5.09. The zero-order valence-corrected chi connectivity index (χ0v) is 18.5. The van der Waals surface area contributed by atoms with Gasteiger partial charge in [0, 0.05) is 10.9 Å².